The Hall–Kier alpha value is -3.32. The zero-order valence-corrected chi connectivity index (χ0v) is 15.0. The second-order valence-electron chi connectivity index (χ2n) is 5.38. The van der Waals surface area contributed by atoms with Crippen LogP contribution in [0.25, 0.3) is 22.5 Å². The van der Waals surface area contributed by atoms with E-state index in [-0.39, 0.29) is 10.9 Å². The van der Waals surface area contributed by atoms with Crippen LogP contribution < -0.4 is 14.6 Å². The summed E-state index contributed by atoms with van der Waals surface area (Å²) in [6, 6.07) is 13.9. The number of aliphatic carboxylic acids is 1. The average molecular weight is 386 g/mol. The molecular weight excluding hydrogens is 372 g/mol. The lowest BCUT2D eigenvalue weighted by molar-refractivity contribution is -0.307. The van der Waals surface area contributed by atoms with Crippen molar-refractivity contribution in [1.29, 1.82) is 0 Å². The molecule has 0 aliphatic carbocycles. The van der Waals surface area contributed by atoms with Gasteiger partial charge >= 0.3 is 0 Å². The summed E-state index contributed by atoms with van der Waals surface area (Å²) in [5.41, 5.74) is 1.49. The van der Waals surface area contributed by atoms with Gasteiger partial charge in [-0.15, -0.1) is 0 Å². The van der Waals surface area contributed by atoms with Crippen molar-refractivity contribution < 1.29 is 23.9 Å². The van der Waals surface area contributed by atoms with Crippen LogP contribution in [-0.2, 0) is 4.79 Å². The molecule has 0 saturated heterocycles. The molecule has 8 heteroatoms. The van der Waals surface area contributed by atoms with Crippen LogP contribution in [0, 0.1) is 0 Å². The molecule has 0 N–H and O–H groups in total. The number of ether oxygens (including phenoxy) is 2. The minimum Gasteiger partial charge on any atom is -0.546 e. The standard InChI is InChI=1S/C19H15ClN2O5/c1-25-15-4-2-3-13(10-15)18-21-19(27-22-18)16(20)9-12-5-7-14(8-6-12)26-11-17(23)24/h2-10H,11H2,1H3,(H,23,24)/p-1/b16-9-. The number of nitrogens with zero attached hydrogens (tertiary/aromatic N) is 2. The molecule has 7 nitrogen and oxygen atoms in total. The van der Waals surface area contributed by atoms with E-state index in [1.807, 2.05) is 18.2 Å². The van der Waals surface area contributed by atoms with Crippen LogP contribution in [0.15, 0.2) is 53.1 Å². The maximum atomic E-state index is 10.4. The van der Waals surface area contributed by atoms with E-state index in [2.05, 4.69) is 10.1 Å². The van der Waals surface area contributed by atoms with Gasteiger partial charge in [0.05, 0.1) is 13.1 Å². The van der Waals surface area contributed by atoms with Crippen molar-refractivity contribution >= 4 is 28.7 Å². The van der Waals surface area contributed by atoms with Crippen molar-refractivity contribution in [3.63, 3.8) is 0 Å². The summed E-state index contributed by atoms with van der Waals surface area (Å²) >= 11 is 6.27. The number of hydrogen-bond acceptors (Lipinski definition) is 7. The molecule has 1 heterocycles. The average Bonchev–Trinajstić information content (AvgIpc) is 3.18. The fraction of sp³-hybridized carbons (Fsp3) is 0.105. The fourth-order valence-electron chi connectivity index (χ4n) is 2.21. The Morgan fingerprint density at radius 3 is 2.70 bits per heavy atom. The first-order valence-electron chi connectivity index (χ1n) is 7.83. The first-order chi connectivity index (χ1) is 13.0. The largest absolute Gasteiger partial charge is 0.546 e. The summed E-state index contributed by atoms with van der Waals surface area (Å²) < 4.78 is 15.4. The lowest BCUT2D eigenvalue weighted by atomic mass is 10.2. The van der Waals surface area contributed by atoms with Gasteiger partial charge in [0.15, 0.2) is 0 Å². The van der Waals surface area contributed by atoms with E-state index in [4.69, 9.17) is 25.6 Å². The highest BCUT2D eigenvalue weighted by atomic mass is 35.5. The Kier molecular flexibility index (Phi) is 5.73. The smallest absolute Gasteiger partial charge is 0.269 e. The van der Waals surface area contributed by atoms with Crippen LogP contribution in [-0.4, -0.2) is 29.8 Å². The molecule has 27 heavy (non-hydrogen) atoms. The number of halogens is 1. The van der Waals surface area contributed by atoms with Gasteiger partial charge in [-0.1, -0.05) is 41.0 Å². The van der Waals surface area contributed by atoms with Crippen LogP contribution in [0.2, 0.25) is 0 Å². The predicted molar refractivity (Wildman–Crippen MR) is 97.0 cm³/mol. The van der Waals surface area contributed by atoms with Gasteiger partial charge in [-0.25, -0.2) is 0 Å². The quantitative estimate of drug-likeness (QED) is 0.616. The number of carbonyl (C=O) groups is 1. The molecule has 0 atom stereocenters. The highest BCUT2D eigenvalue weighted by Crippen LogP contribution is 2.26. The first kappa shape index (κ1) is 18.5. The van der Waals surface area contributed by atoms with E-state index in [0.29, 0.717) is 17.3 Å². The van der Waals surface area contributed by atoms with E-state index in [1.54, 1.807) is 43.5 Å². The van der Waals surface area contributed by atoms with Crippen LogP contribution in [0.1, 0.15) is 11.5 Å². The molecule has 0 unspecified atom stereocenters. The summed E-state index contributed by atoms with van der Waals surface area (Å²) in [6.07, 6.45) is 1.65. The monoisotopic (exact) mass is 385 g/mol. The molecule has 0 fully saturated rings. The molecule has 0 saturated carbocycles. The minimum atomic E-state index is -1.29. The zero-order chi connectivity index (χ0) is 19.2. The summed E-state index contributed by atoms with van der Waals surface area (Å²) in [5, 5.41) is 14.6. The second-order valence-corrected chi connectivity index (χ2v) is 5.78. The van der Waals surface area contributed by atoms with Crippen LogP contribution in [0.3, 0.4) is 0 Å². The first-order valence-corrected chi connectivity index (χ1v) is 8.21. The molecule has 3 aromatic rings. The lowest BCUT2D eigenvalue weighted by Gasteiger charge is -2.06. The Morgan fingerprint density at radius 2 is 2.00 bits per heavy atom. The predicted octanol–water partition coefficient (Wildman–Crippen LogP) is 2.61. The maximum Gasteiger partial charge on any atom is 0.269 e. The third-order valence-corrected chi connectivity index (χ3v) is 3.76. The summed E-state index contributed by atoms with van der Waals surface area (Å²) in [5.74, 6) is 0.366. The summed E-state index contributed by atoms with van der Waals surface area (Å²) in [7, 11) is 1.58. The van der Waals surface area contributed by atoms with Gasteiger partial charge < -0.3 is 23.9 Å². The highest BCUT2D eigenvalue weighted by molar-refractivity contribution is 6.50. The molecule has 0 amide bonds. The van der Waals surface area contributed by atoms with Crippen LogP contribution in [0.4, 0.5) is 0 Å². The fourth-order valence-corrected chi connectivity index (χ4v) is 2.41. The summed E-state index contributed by atoms with van der Waals surface area (Å²) in [4.78, 5) is 14.7. The van der Waals surface area contributed by atoms with Gasteiger partial charge in [0.2, 0.25) is 5.82 Å². The van der Waals surface area contributed by atoms with Gasteiger partial charge in [-0.05, 0) is 35.9 Å². The van der Waals surface area contributed by atoms with Gasteiger partial charge in [-0.3, -0.25) is 0 Å². The van der Waals surface area contributed by atoms with E-state index >= 15 is 0 Å². The van der Waals surface area contributed by atoms with Crippen molar-refractivity contribution in [3.8, 4) is 22.9 Å². The third kappa shape index (κ3) is 4.86. The molecule has 138 valence electrons. The van der Waals surface area contributed by atoms with Crippen LogP contribution in [0.5, 0.6) is 11.5 Å². The Morgan fingerprint density at radius 1 is 1.22 bits per heavy atom. The molecule has 3 rings (SSSR count). The van der Waals surface area contributed by atoms with Crippen molar-refractivity contribution in [2.75, 3.05) is 13.7 Å². The zero-order valence-electron chi connectivity index (χ0n) is 14.2. The topological polar surface area (TPSA) is 97.5 Å². The number of benzene rings is 2. The van der Waals surface area contributed by atoms with Gasteiger partial charge in [0.25, 0.3) is 5.89 Å². The molecule has 0 bridgehead atoms. The lowest BCUT2D eigenvalue weighted by Crippen LogP contribution is -2.28. The van der Waals surface area contributed by atoms with Gasteiger partial charge in [-0.2, -0.15) is 4.98 Å². The number of hydrogen-bond donors (Lipinski definition) is 0. The van der Waals surface area contributed by atoms with E-state index < -0.39 is 12.6 Å². The van der Waals surface area contributed by atoms with Crippen molar-refractivity contribution in [3.05, 3.63) is 60.0 Å². The Balaban J connectivity index is 1.74. The molecule has 0 aliphatic heterocycles. The Bertz CT molecular complexity index is 966. The molecule has 0 radical (unpaired) electrons. The maximum absolute atomic E-state index is 10.4. The Labute approximate surface area is 159 Å². The minimum absolute atomic E-state index is 0.173. The second kappa shape index (κ2) is 8.37. The molecule has 2 aromatic carbocycles. The highest BCUT2D eigenvalue weighted by Gasteiger charge is 2.12. The third-order valence-electron chi connectivity index (χ3n) is 3.49. The van der Waals surface area contributed by atoms with Crippen molar-refractivity contribution in [2.24, 2.45) is 0 Å². The van der Waals surface area contributed by atoms with Crippen molar-refractivity contribution in [2.45, 2.75) is 0 Å². The SMILES string of the molecule is COc1cccc(-c2noc(/C(Cl)=C/c3ccc(OCC(=O)[O-])cc3)n2)c1. The molecular formula is C19H14ClN2O5-. The number of carboxylic acid groups (broad SMARTS) is 1. The van der Waals surface area contributed by atoms with Crippen LogP contribution >= 0.6 is 11.6 Å². The number of methoxy groups -OCH3 is 1. The normalized spacial score (nSPS) is 11.3. The number of carboxylic acids is 1. The number of rotatable bonds is 7. The molecule has 1 aromatic heterocycles. The van der Waals surface area contributed by atoms with E-state index in [0.717, 1.165) is 11.1 Å². The number of aromatic nitrogens is 2. The van der Waals surface area contributed by atoms with Gasteiger partial charge in [0, 0.05) is 5.56 Å². The van der Waals surface area contributed by atoms with Crippen molar-refractivity contribution in [1.82, 2.24) is 10.1 Å². The number of carbonyl (C=O) groups excluding carboxylic acids is 1. The van der Waals surface area contributed by atoms with Gasteiger partial charge in [0.1, 0.15) is 23.1 Å². The molecule has 0 spiro atoms. The van der Waals surface area contributed by atoms with E-state index in [1.165, 1.54) is 0 Å². The molecule has 0 aliphatic rings. The summed E-state index contributed by atoms with van der Waals surface area (Å²) in [6.45, 7) is -0.509. The van der Waals surface area contributed by atoms with E-state index in [9.17, 15) is 9.90 Å².